The maximum Gasteiger partial charge on any atom is 0.317 e. The second-order valence-corrected chi connectivity index (χ2v) is 4.18. The lowest BCUT2D eigenvalue weighted by Crippen LogP contribution is -2.19. The van der Waals surface area contributed by atoms with Crippen LogP contribution in [-0.2, 0) is 33.4 Å². The lowest BCUT2D eigenvalue weighted by atomic mass is 10.2. The molecule has 154 valence electrons. The Kier molecular flexibility index (Phi) is 37.9. The first-order valence-electron chi connectivity index (χ1n) is 6.27. The van der Waals surface area contributed by atoms with Crippen molar-refractivity contribution in [2.24, 2.45) is 0 Å². The van der Waals surface area contributed by atoms with Crippen LogP contribution in [0.5, 0.6) is 0 Å². The molecule has 0 saturated heterocycles. The van der Waals surface area contributed by atoms with E-state index in [1.807, 2.05) is 0 Å². The van der Waals surface area contributed by atoms with Gasteiger partial charge in [-0.05, 0) is 19.8 Å². The fraction of sp³-hybridized carbons (Fsp3) is 0.778. The summed E-state index contributed by atoms with van der Waals surface area (Å²) in [6, 6.07) is 0. The van der Waals surface area contributed by atoms with Crippen LogP contribution in [0, 0.1) is 0 Å². The van der Waals surface area contributed by atoms with Crippen molar-refractivity contribution in [3.05, 3.63) is 0 Å². The number of carbonyl (C=O) groups is 4. The molecule has 0 N–H and O–H groups in total. The number of ether oxygens (including phenoxy) is 3. The highest BCUT2D eigenvalue weighted by Gasteiger charge is 2.14. The molecule has 0 aromatic carbocycles. The molecule has 0 unspecified atom stereocenters. The van der Waals surface area contributed by atoms with Gasteiger partial charge in [0.05, 0.1) is 13.0 Å². The number of hydrogen-bond donors (Lipinski definition) is 0. The number of methoxy groups -OCH3 is 1. The number of esters is 2. The van der Waals surface area contributed by atoms with Crippen LogP contribution < -0.4 is 0 Å². The molecule has 7 heteroatoms. The van der Waals surface area contributed by atoms with Gasteiger partial charge in [0.15, 0.2) is 5.78 Å². The zero-order valence-corrected chi connectivity index (χ0v) is 11.8. The summed E-state index contributed by atoms with van der Waals surface area (Å²) in [5.74, 6) is -2.35. The molecule has 0 aliphatic carbocycles. The maximum absolute atomic E-state index is 11.2. The first-order chi connectivity index (χ1) is 9.45. The third-order valence-electron chi connectivity index (χ3n) is 2.13. The normalized spacial score (nSPS) is 7.92. The first kappa shape index (κ1) is 38.7. The summed E-state index contributed by atoms with van der Waals surface area (Å²) in [6.07, 6.45) is 0.578. The van der Waals surface area contributed by atoms with Gasteiger partial charge < -0.3 is 14.2 Å². The standard InChI is InChI=1S/C13H20O7.5CH4/c1-10(14)7-11(15)9-20-13(17)8-12(16)19-6-4-3-5-18-2;;;;;/h3-9H2,1-2H3;5*1H4. The topological polar surface area (TPSA) is 96.0 Å². The molecule has 0 aromatic rings. The minimum atomic E-state index is -0.844. The second kappa shape index (κ2) is 24.5. The molecule has 0 rings (SSSR count). The maximum atomic E-state index is 11.2. The van der Waals surface area contributed by atoms with Gasteiger partial charge in [-0.2, -0.15) is 0 Å². The molecule has 0 atom stereocenters. The van der Waals surface area contributed by atoms with Gasteiger partial charge in [0, 0.05) is 13.7 Å². The highest BCUT2D eigenvalue weighted by Crippen LogP contribution is 1.96. The van der Waals surface area contributed by atoms with Gasteiger partial charge in [-0.3, -0.25) is 19.2 Å². The van der Waals surface area contributed by atoms with Crippen molar-refractivity contribution >= 4 is 23.5 Å². The van der Waals surface area contributed by atoms with Gasteiger partial charge in [-0.15, -0.1) is 0 Å². The van der Waals surface area contributed by atoms with E-state index in [1.165, 1.54) is 6.92 Å². The third-order valence-corrected chi connectivity index (χ3v) is 2.13. The van der Waals surface area contributed by atoms with E-state index < -0.39 is 30.7 Å². The van der Waals surface area contributed by atoms with Crippen LogP contribution in [0.4, 0.5) is 0 Å². The smallest absolute Gasteiger partial charge is 0.317 e. The fourth-order valence-electron chi connectivity index (χ4n) is 1.24. The summed E-state index contributed by atoms with van der Waals surface area (Å²) < 4.78 is 14.2. The quantitative estimate of drug-likeness (QED) is 0.312. The van der Waals surface area contributed by atoms with Gasteiger partial charge >= 0.3 is 11.9 Å². The highest BCUT2D eigenvalue weighted by atomic mass is 16.6. The van der Waals surface area contributed by atoms with Crippen LogP contribution in [0.1, 0.15) is 69.7 Å². The van der Waals surface area contributed by atoms with E-state index in [1.54, 1.807) is 7.11 Å². The second-order valence-electron chi connectivity index (χ2n) is 4.18. The number of unbranched alkanes of at least 4 members (excludes halogenated alkanes) is 1. The average molecular weight is 369 g/mol. The van der Waals surface area contributed by atoms with Crippen LogP contribution in [0.25, 0.3) is 0 Å². The zero-order valence-electron chi connectivity index (χ0n) is 11.8. The number of hydrogen-bond acceptors (Lipinski definition) is 7. The van der Waals surface area contributed by atoms with Gasteiger partial charge in [-0.1, -0.05) is 37.1 Å². The van der Waals surface area contributed by atoms with Crippen molar-refractivity contribution in [1.82, 2.24) is 0 Å². The number of Topliss-reactive ketones (excluding diaryl/α,β-unsaturated/α-hetero) is 2. The van der Waals surface area contributed by atoms with E-state index in [4.69, 9.17) is 9.47 Å². The predicted molar refractivity (Wildman–Crippen MR) is 102 cm³/mol. The van der Waals surface area contributed by atoms with Crippen LogP contribution in [0.15, 0.2) is 0 Å². The fourth-order valence-corrected chi connectivity index (χ4v) is 1.24. The molecule has 0 bridgehead atoms. The summed E-state index contributed by atoms with van der Waals surface area (Å²) in [4.78, 5) is 44.1. The Bertz CT molecular complexity index is 351. The molecule has 0 radical (unpaired) electrons. The van der Waals surface area contributed by atoms with Crippen LogP contribution in [0.2, 0.25) is 0 Å². The minimum Gasteiger partial charge on any atom is -0.465 e. The van der Waals surface area contributed by atoms with Crippen molar-refractivity contribution in [3.8, 4) is 0 Å². The molecule has 0 saturated carbocycles. The van der Waals surface area contributed by atoms with E-state index in [0.717, 1.165) is 6.42 Å². The van der Waals surface area contributed by atoms with Crippen LogP contribution in [-0.4, -0.2) is 50.4 Å². The monoisotopic (exact) mass is 368 g/mol. The van der Waals surface area contributed by atoms with Crippen LogP contribution >= 0.6 is 0 Å². The molecular formula is C18H40O7. The van der Waals surface area contributed by atoms with Gasteiger partial charge in [0.2, 0.25) is 0 Å². The van der Waals surface area contributed by atoms with Gasteiger partial charge in [0.25, 0.3) is 0 Å². The minimum absolute atomic E-state index is 0. The molecule has 0 aliphatic rings. The van der Waals surface area contributed by atoms with Crippen molar-refractivity contribution in [1.29, 1.82) is 0 Å². The highest BCUT2D eigenvalue weighted by molar-refractivity contribution is 5.99. The Morgan fingerprint density at radius 3 is 1.68 bits per heavy atom. The Morgan fingerprint density at radius 2 is 1.20 bits per heavy atom. The lowest BCUT2D eigenvalue weighted by Gasteiger charge is -2.05. The number of carbonyl (C=O) groups excluding carboxylic acids is 4. The van der Waals surface area contributed by atoms with E-state index in [2.05, 4.69) is 4.74 Å². The van der Waals surface area contributed by atoms with Crippen molar-refractivity contribution in [3.63, 3.8) is 0 Å². The van der Waals surface area contributed by atoms with Crippen molar-refractivity contribution in [2.45, 2.75) is 69.7 Å². The molecule has 25 heavy (non-hydrogen) atoms. The Balaban J connectivity index is -0.000000180. The Labute approximate surface area is 154 Å². The average Bonchev–Trinajstić information content (AvgIpc) is 2.35. The lowest BCUT2D eigenvalue weighted by molar-refractivity contribution is -0.157. The van der Waals surface area contributed by atoms with Gasteiger partial charge in [-0.25, -0.2) is 0 Å². The summed E-state index contributed by atoms with van der Waals surface area (Å²) >= 11 is 0. The largest absolute Gasteiger partial charge is 0.465 e. The third kappa shape index (κ3) is 27.4. The zero-order chi connectivity index (χ0) is 15.4. The molecular weight excluding hydrogens is 328 g/mol. The van der Waals surface area contributed by atoms with E-state index in [0.29, 0.717) is 13.0 Å². The van der Waals surface area contributed by atoms with Gasteiger partial charge in [0.1, 0.15) is 18.8 Å². The molecule has 7 nitrogen and oxygen atoms in total. The van der Waals surface area contributed by atoms with Crippen molar-refractivity contribution in [2.75, 3.05) is 26.9 Å². The first-order valence-corrected chi connectivity index (χ1v) is 6.27. The Hall–Kier alpha value is -1.76. The summed E-state index contributed by atoms with van der Waals surface area (Å²) in [5.41, 5.74) is 0. The summed E-state index contributed by atoms with van der Waals surface area (Å²) in [5, 5.41) is 0. The SMILES string of the molecule is C.C.C.C.C.COCCCCOC(=O)CC(=O)OCC(=O)CC(C)=O. The molecule has 0 aliphatic heterocycles. The summed E-state index contributed by atoms with van der Waals surface area (Å²) in [7, 11) is 1.58. The molecule has 0 heterocycles. The predicted octanol–water partition coefficient (Wildman–Crippen LogP) is 3.62. The van der Waals surface area contributed by atoms with E-state index in [9.17, 15) is 19.2 Å². The summed E-state index contributed by atoms with van der Waals surface area (Å²) in [6.45, 7) is 1.55. The molecule has 0 aromatic heterocycles. The number of ketones is 2. The van der Waals surface area contributed by atoms with Crippen molar-refractivity contribution < 1.29 is 33.4 Å². The van der Waals surface area contributed by atoms with E-state index >= 15 is 0 Å². The number of rotatable bonds is 11. The molecule has 0 fully saturated rings. The van der Waals surface area contributed by atoms with E-state index in [-0.39, 0.29) is 55.9 Å². The molecule has 0 spiro atoms. The van der Waals surface area contributed by atoms with Crippen LogP contribution in [0.3, 0.4) is 0 Å². The Morgan fingerprint density at radius 1 is 0.720 bits per heavy atom. The molecule has 0 amide bonds.